The average molecular weight is 465 g/mol. The number of thiophene rings is 1. The Morgan fingerprint density at radius 1 is 1.06 bits per heavy atom. The van der Waals surface area contributed by atoms with E-state index < -0.39 is 16.1 Å². The maximum atomic E-state index is 12.9. The molecule has 10 heteroatoms. The predicted molar refractivity (Wildman–Crippen MR) is 120 cm³/mol. The third kappa shape index (κ3) is 6.36. The lowest BCUT2D eigenvalue weighted by Crippen LogP contribution is -2.49. The van der Waals surface area contributed by atoms with E-state index in [4.69, 9.17) is 0 Å². The minimum absolute atomic E-state index is 0.175. The molecule has 168 valence electrons. The number of nitrogens with one attached hydrogen (secondary N) is 2. The zero-order valence-electron chi connectivity index (χ0n) is 17.8. The van der Waals surface area contributed by atoms with Crippen molar-refractivity contribution in [2.24, 2.45) is 0 Å². The van der Waals surface area contributed by atoms with Gasteiger partial charge in [-0.25, -0.2) is 13.2 Å². The molecule has 3 amide bonds. The summed E-state index contributed by atoms with van der Waals surface area (Å²) in [5, 5.41) is 4.99. The van der Waals surface area contributed by atoms with Crippen molar-refractivity contribution in [3.8, 4) is 0 Å². The molecular formula is C21H28N4O4S2. The second-order valence-electron chi connectivity index (χ2n) is 7.49. The standard InChI is InChI=1S/C21H28N4O4S2/c1-16-14-19(17(2)30-16)31(28,29)25-12-10-24(11-13-25)9-8-20(26)23-21(27)22-15-18-6-4-3-5-7-18/h3-7,14H,8-13,15H2,1-2H3,(H2,22,23,26,27). The van der Waals surface area contributed by atoms with Gasteiger partial charge in [-0.1, -0.05) is 30.3 Å². The number of urea groups is 1. The Morgan fingerprint density at radius 3 is 2.35 bits per heavy atom. The van der Waals surface area contributed by atoms with Gasteiger partial charge in [0.05, 0.1) is 4.90 Å². The second kappa shape index (κ2) is 10.4. The maximum absolute atomic E-state index is 12.9. The van der Waals surface area contributed by atoms with Crippen LogP contribution in [0.25, 0.3) is 0 Å². The highest BCUT2D eigenvalue weighted by Crippen LogP contribution is 2.28. The number of imide groups is 1. The van der Waals surface area contributed by atoms with Crippen LogP contribution in [0.1, 0.15) is 21.7 Å². The fourth-order valence-electron chi connectivity index (χ4n) is 3.47. The molecule has 1 aromatic heterocycles. The molecule has 1 fully saturated rings. The van der Waals surface area contributed by atoms with Gasteiger partial charge in [0, 0.05) is 55.4 Å². The number of rotatable bonds is 7. The van der Waals surface area contributed by atoms with Gasteiger partial charge in [-0.2, -0.15) is 4.31 Å². The maximum Gasteiger partial charge on any atom is 0.321 e. The van der Waals surface area contributed by atoms with E-state index in [1.54, 1.807) is 6.07 Å². The zero-order chi connectivity index (χ0) is 22.4. The van der Waals surface area contributed by atoms with Gasteiger partial charge in [0.1, 0.15) is 0 Å². The first-order valence-corrected chi connectivity index (χ1v) is 12.4. The lowest BCUT2D eigenvalue weighted by atomic mass is 10.2. The number of amides is 3. The summed E-state index contributed by atoms with van der Waals surface area (Å²) in [7, 11) is -3.49. The zero-order valence-corrected chi connectivity index (χ0v) is 19.4. The Morgan fingerprint density at radius 2 is 1.74 bits per heavy atom. The van der Waals surface area contributed by atoms with Gasteiger partial charge in [0.15, 0.2) is 0 Å². The van der Waals surface area contributed by atoms with Crippen LogP contribution >= 0.6 is 11.3 Å². The van der Waals surface area contributed by atoms with Crippen LogP contribution in [0.5, 0.6) is 0 Å². The third-order valence-electron chi connectivity index (χ3n) is 5.15. The van der Waals surface area contributed by atoms with Gasteiger partial charge in [-0.3, -0.25) is 10.1 Å². The third-order valence-corrected chi connectivity index (χ3v) is 8.27. The molecule has 1 saturated heterocycles. The summed E-state index contributed by atoms with van der Waals surface area (Å²) in [5.74, 6) is -0.356. The van der Waals surface area contributed by atoms with E-state index in [0.717, 1.165) is 15.3 Å². The van der Waals surface area contributed by atoms with Gasteiger partial charge in [0.2, 0.25) is 15.9 Å². The van der Waals surface area contributed by atoms with Gasteiger partial charge in [-0.15, -0.1) is 11.3 Å². The van der Waals surface area contributed by atoms with Crippen LogP contribution in [-0.4, -0.2) is 62.3 Å². The Hall–Kier alpha value is -2.27. The van der Waals surface area contributed by atoms with Crippen molar-refractivity contribution < 1.29 is 18.0 Å². The second-order valence-corrected chi connectivity index (χ2v) is 10.9. The van der Waals surface area contributed by atoms with E-state index in [1.165, 1.54) is 15.6 Å². The molecule has 3 rings (SSSR count). The van der Waals surface area contributed by atoms with Crippen LogP contribution < -0.4 is 10.6 Å². The summed E-state index contributed by atoms with van der Waals surface area (Å²) in [5.41, 5.74) is 0.950. The van der Waals surface area contributed by atoms with Crippen molar-refractivity contribution in [1.29, 1.82) is 0 Å². The molecule has 0 radical (unpaired) electrons. The van der Waals surface area contributed by atoms with Crippen LogP contribution in [0.2, 0.25) is 0 Å². The summed E-state index contributed by atoms with van der Waals surface area (Å²) in [6.45, 7) is 6.42. The Bertz CT molecular complexity index is 1010. The monoisotopic (exact) mass is 464 g/mol. The summed E-state index contributed by atoms with van der Waals surface area (Å²) in [4.78, 5) is 28.1. The molecular weight excluding hydrogens is 436 g/mol. The van der Waals surface area contributed by atoms with E-state index in [9.17, 15) is 18.0 Å². The minimum Gasteiger partial charge on any atom is -0.334 e. The number of benzene rings is 1. The van der Waals surface area contributed by atoms with Gasteiger partial charge in [0.25, 0.3) is 0 Å². The van der Waals surface area contributed by atoms with Crippen molar-refractivity contribution >= 4 is 33.3 Å². The van der Waals surface area contributed by atoms with Crippen LogP contribution in [0.3, 0.4) is 0 Å². The molecule has 2 N–H and O–H groups in total. The molecule has 2 heterocycles. The topological polar surface area (TPSA) is 98.8 Å². The van der Waals surface area contributed by atoms with Crippen molar-refractivity contribution in [3.63, 3.8) is 0 Å². The van der Waals surface area contributed by atoms with Gasteiger partial charge < -0.3 is 10.2 Å². The average Bonchev–Trinajstić information content (AvgIpc) is 3.10. The van der Waals surface area contributed by atoms with Crippen molar-refractivity contribution in [1.82, 2.24) is 19.8 Å². The van der Waals surface area contributed by atoms with E-state index in [0.29, 0.717) is 44.2 Å². The molecule has 2 aromatic rings. The summed E-state index contributed by atoms with van der Waals surface area (Å²) >= 11 is 1.49. The molecule has 8 nitrogen and oxygen atoms in total. The van der Waals surface area contributed by atoms with Crippen molar-refractivity contribution in [3.05, 3.63) is 51.7 Å². The van der Waals surface area contributed by atoms with Gasteiger partial charge >= 0.3 is 6.03 Å². The Labute approximate surface area is 187 Å². The lowest BCUT2D eigenvalue weighted by Gasteiger charge is -2.33. The number of nitrogens with zero attached hydrogens (tertiary/aromatic N) is 2. The first-order valence-electron chi connectivity index (χ1n) is 10.2. The largest absolute Gasteiger partial charge is 0.334 e. The summed E-state index contributed by atoms with van der Waals surface area (Å²) in [6, 6.07) is 10.7. The highest BCUT2D eigenvalue weighted by Gasteiger charge is 2.30. The fraction of sp³-hybridized carbons (Fsp3) is 0.429. The summed E-state index contributed by atoms with van der Waals surface area (Å²) < 4.78 is 27.3. The minimum atomic E-state index is -3.49. The smallest absolute Gasteiger partial charge is 0.321 e. The molecule has 1 aliphatic heterocycles. The SMILES string of the molecule is Cc1cc(S(=O)(=O)N2CCN(CCC(=O)NC(=O)NCc3ccccc3)CC2)c(C)s1. The molecule has 0 aliphatic carbocycles. The quantitative estimate of drug-likeness (QED) is 0.654. The molecule has 0 unspecified atom stereocenters. The van der Waals surface area contributed by atoms with Crippen LogP contribution in [0.4, 0.5) is 4.79 Å². The van der Waals surface area contributed by atoms with Crippen LogP contribution in [0, 0.1) is 13.8 Å². The number of aryl methyl sites for hydroxylation is 2. The number of hydrogen-bond donors (Lipinski definition) is 2. The van der Waals surface area contributed by atoms with E-state index in [-0.39, 0.29) is 12.3 Å². The normalized spacial score (nSPS) is 15.5. The number of carbonyl (C=O) groups is 2. The predicted octanol–water partition coefficient (Wildman–Crippen LogP) is 2.09. The highest BCUT2D eigenvalue weighted by molar-refractivity contribution is 7.89. The lowest BCUT2D eigenvalue weighted by molar-refractivity contribution is -0.120. The molecule has 0 atom stereocenters. The number of sulfonamides is 1. The number of carbonyl (C=O) groups excluding carboxylic acids is 2. The van der Waals surface area contributed by atoms with Crippen molar-refractivity contribution in [2.45, 2.75) is 31.7 Å². The molecule has 0 saturated carbocycles. The molecule has 0 spiro atoms. The van der Waals surface area contributed by atoms with E-state index >= 15 is 0 Å². The van der Waals surface area contributed by atoms with Crippen LogP contribution in [-0.2, 0) is 21.4 Å². The Balaban J connectivity index is 1.39. The number of piperazine rings is 1. The van der Waals surface area contributed by atoms with E-state index in [1.807, 2.05) is 49.1 Å². The molecule has 1 aromatic carbocycles. The first kappa shape index (κ1) is 23.4. The van der Waals surface area contributed by atoms with Crippen molar-refractivity contribution in [2.75, 3.05) is 32.7 Å². The van der Waals surface area contributed by atoms with Crippen LogP contribution in [0.15, 0.2) is 41.3 Å². The first-order chi connectivity index (χ1) is 14.8. The molecule has 31 heavy (non-hydrogen) atoms. The fourth-order valence-corrected chi connectivity index (χ4v) is 6.41. The molecule has 0 bridgehead atoms. The summed E-state index contributed by atoms with van der Waals surface area (Å²) in [6.07, 6.45) is 0.175. The highest BCUT2D eigenvalue weighted by atomic mass is 32.2. The van der Waals surface area contributed by atoms with Gasteiger partial charge in [-0.05, 0) is 25.5 Å². The number of hydrogen-bond acceptors (Lipinski definition) is 6. The Kier molecular flexibility index (Phi) is 7.82. The molecule has 1 aliphatic rings. The van der Waals surface area contributed by atoms with E-state index in [2.05, 4.69) is 10.6 Å².